The molecule has 1 saturated heterocycles. The van der Waals surface area contributed by atoms with E-state index in [9.17, 15) is 14.4 Å². The van der Waals surface area contributed by atoms with E-state index in [-0.39, 0.29) is 5.91 Å². The van der Waals surface area contributed by atoms with Crippen LogP contribution in [0.2, 0.25) is 0 Å². The number of amides is 2. The maximum absolute atomic E-state index is 11.8. The smallest absolute Gasteiger partial charge is 0.326 e. The van der Waals surface area contributed by atoms with Crippen molar-refractivity contribution in [1.82, 2.24) is 10.6 Å². The molecular weight excluding hydrogens is 248 g/mol. The molecule has 6 heteroatoms. The van der Waals surface area contributed by atoms with Crippen LogP contribution >= 0.6 is 0 Å². The highest BCUT2D eigenvalue weighted by Crippen LogP contribution is 2.09. The summed E-state index contributed by atoms with van der Waals surface area (Å²) in [5.74, 6) is -1.57. The van der Waals surface area contributed by atoms with Crippen molar-refractivity contribution in [3.05, 3.63) is 0 Å². The minimum atomic E-state index is -1.02. The predicted molar refractivity (Wildman–Crippen MR) is 69.5 cm³/mol. The van der Waals surface area contributed by atoms with Crippen LogP contribution in [0.15, 0.2) is 0 Å². The van der Waals surface area contributed by atoms with E-state index < -0.39 is 24.0 Å². The van der Waals surface area contributed by atoms with Crippen LogP contribution in [0.25, 0.3) is 0 Å². The van der Waals surface area contributed by atoms with Gasteiger partial charge in [-0.05, 0) is 12.8 Å². The SMILES string of the molecule is CCCCCC[C@H](NC(=O)[C@@H]1CCC(=O)N1)C(=O)O. The summed E-state index contributed by atoms with van der Waals surface area (Å²) in [6.07, 6.45) is 5.09. The number of hydrogen-bond acceptors (Lipinski definition) is 3. The number of nitrogens with one attached hydrogen (secondary N) is 2. The van der Waals surface area contributed by atoms with Gasteiger partial charge in [-0.15, -0.1) is 0 Å². The largest absolute Gasteiger partial charge is 0.480 e. The highest BCUT2D eigenvalue weighted by Gasteiger charge is 2.30. The molecule has 19 heavy (non-hydrogen) atoms. The average Bonchev–Trinajstić information content (AvgIpc) is 2.79. The summed E-state index contributed by atoms with van der Waals surface area (Å²) in [5.41, 5.74) is 0. The van der Waals surface area contributed by atoms with Crippen LogP contribution in [0.4, 0.5) is 0 Å². The van der Waals surface area contributed by atoms with Crippen molar-refractivity contribution in [3.63, 3.8) is 0 Å². The summed E-state index contributed by atoms with van der Waals surface area (Å²) in [6.45, 7) is 2.08. The Morgan fingerprint density at radius 2 is 2.16 bits per heavy atom. The molecule has 0 aromatic rings. The number of hydrogen-bond donors (Lipinski definition) is 3. The molecular formula is C13H22N2O4. The van der Waals surface area contributed by atoms with E-state index in [0.29, 0.717) is 19.3 Å². The Labute approximate surface area is 112 Å². The van der Waals surface area contributed by atoms with Crippen LogP contribution in [-0.2, 0) is 14.4 Å². The molecule has 0 spiro atoms. The fourth-order valence-corrected chi connectivity index (χ4v) is 2.12. The summed E-state index contributed by atoms with van der Waals surface area (Å²) in [5, 5.41) is 14.1. The molecule has 0 aromatic heterocycles. The number of unbranched alkanes of at least 4 members (excludes halogenated alkanes) is 3. The molecule has 3 N–H and O–H groups in total. The fraction of sp³-hybridized carbons (Fsp3) is 0.769. The fourth-order valence-electron chi connectivity index (χ4n) is 2.12. The average molecular weight is 270 g/mol. The third-order valence-electron chi connectivity index (χ3n) is 3.27. The first-order chi connectivity index (χ1) is 9.04. The van der Waals surface area contributed by atoms with Crippen LogP contribution in [0.5, 0.6) is 0 Å². The molecule has 1 rings (SSSR count). The maximum Gasteiger partial charge on any atom is 0.326 e. The Morgan fingerprint density at radius 1 is 1.42 bits per heavy atom. The van der Waals surface area contributed by atoms with Crippen molar-refractivity contribution >= 4 is 17.8 Å². The lowest BCUT2D eigenvalue weighted by molar-refractivity contribution is -0.142. The summed E-state index contributed by atoms with van der Waals surface area (Å²) < 4.78 is 0. The van der Waals surface area contributed by atoms with Crippen LogP contribution in [0.1, 0.15) is 51.9 Å². The lowest BCUT2D eigenvalue weighted by Gasteiger charge is -2.17. The molecule has 0 aliphatic carbocycles. The first-order valence-corrected chi connectivity index (χ1v) is 6.87. The van der Waals surface area contributed by atoms with Gasteiger partial charge in [0, 0.05) is 6.42 Å². The Hall–Kier alpha value is -1.59. The topological polar surface area (TPSA) is 95.5 Å². The monoisotopic (exact) mass is 270 g/mol. The molecule has 1 aliphatic rings. The predicted octanol–water partition coefficient (Wildman–Crippen LogP) is 0.805. The van der Waals surface area contributed by atoms with Crippen LogP contribution in [0, 0.1) is 0 Å². The van der Waals surface area contributed by atoms with E-state index in [4.69, 9.17) is 5.11 Å². The third-order valence-corrected chi connectivity index (χ3v) is 3.27. The van der Waals surface area contributed by atoms with Gasteiger partial charge in [-0.1, -0.05) is 32.6 Å². The summed E-state index contributed by atoms with van der Waals surface area (Å²) in [4.78, 5) is 33.9. The second kappa shape index (κ2) is 7.76. The van der Waals surface area contributed by atoms with Gasteiger partial charge in [-0.3, -0.25) is 9.59 Å². The molecule has 6 nitrogen and oxygen atoms in total. The first-order valence-electron chi connectivity index (χ1n) is 6.87. The number of rotatable bonds is 8. The molecule has 0 saturated carbocycles. The van der Waals surface area contributed by atoms with Gasteiger partial charge in [0.15, 0.2) is 0 Å². The highest BCUT2D eigenvalue weighted by molar-refractivity contribution is 5.92. The number of aliphatic carboxylic acids is 1. The number of carbonyl (C=O) groups is 3. The summed E-state index contributed by atoms with van der Waals surface area (Å²) >= 11 is 0. The standard InChI is InChI=1S/C13H22N2O4/c1-2-3-4-5-6-10(13(18)19)15-12(17)9-7-8-11(16)14-9/h9-10H,2-8H2,1H3,(H,14,16)(H,15,17)(H,18,19)/t9-,10-/m0/s1. The molecule has 108 valence electrons. The van der Waals surface area contributed by atoms with Crippen molar-refractivity contribution in [2.24, 2.45) is 0 Å². The van der Waals surface area contributed by atoms with E-state index >= 15 is 0 Å². The first kappa shape index (κ1) is 15.5. The second-order valence-corrected chi connectivity index (χ2v) is 4.91. The van der Waals surface area contributed by atoms with Crippen molar-refractivity contribution in [2.75, 3.05) is 0 Å². The highest BCUT2D eigenvalue weighted by atomic mass is 16.4. The normalized spacial score (nSPS) is 19.8. The molecule has 0 unspecified atom stereocenters. The van der Waals surface area contributed by atoms with E-state index in [0.717, 1.165) is 25.7 Å². The molecule has 0 bridgehead atoms. The van der Waals surface area contributed by atoms with Gasteiger partial charge in [-0.25, -0.2) is 4.79 Å². The van der Waals surface area contributed by atoms with E-state index in [1.807, 2.05) is 0 Å². The third kappa shape index (κ3) is 5.28. The van der Waals surface area contributed by atoms with Crippen LogP contribution < -0.4 is 10.6 Å². The lowest BCUT2D eigenvalue weighted by Crippen LogP contribution is -2.48. The Balaban J connectivity index is 2.37. The molecule has 1 heterocycles. The quantitative estimate of drug-likeness (QED) is 0.569. The molecule has 2 amide bonds. The molecule has 0 aromatic carbocycles. The number of carboxylic acid groups (broad SMARTS) is 1. The maximum atomic E-state index is 11.8. The Kier molecular flexibility index (Phi) is 6.32. The summed E-state index contributed by atoms with van der Waals surface area (Å²) in [6, 6.07) is -1.44. The van der Waals surface area contributed by atoms with Gasteiger partial charge in [0.05, 0.1) is 0 Å². The zero-order valence-electron chi connectivity index (χ0n) is 11.3. The van der Waals surface area contributed by atoms with Gasteiger partial charge >= 0.3 is 5.97 Å². The number of carboxylic acids is 1. The molecule has 1 fully saturated rings. The van der Waals surface area contributed by atoms with Gasteiger partial charge in [0.25, 0.3) is 0 Å². The number of carbonyl (C=O) groups excluding carboxylic acids is 2. The zero-order valence-corrected chi connectivity index (χ0v) is 11.3. The zero-order chi connectivity index (χ0) is 14.3. The van der Waals surface area contributed by atoms with Crippen molar-refractivity contribution in [3.8, 4) is 0 Å². The van der Waals surface area contributed by atoms with Crippen molar-refractivity contribution in [2.45, 2.75) is 64.0 Å². The molecule has 2 atom stereocenters. The van der Waals surface area contributed by atoms with Crippen LogP contribution in [-0.4, -0.2) is 35.0 Å². The lowest BCUT2D eigenvalue weighted by atomic mass is 10.1. The minimum absolute atomic E-state index is 0.157. The van der Waals surface area contributed by atoms with E-state index in [1.54, 1.807) is 0 Å². The van der Waals surface area contributed by atoms with E-state index in [2.05, 4.69) is 17.6 Å². The second-order valence-electron chi connectivity index (χ2n) is 4.91. The van der Waals surface area contributed by atoms with Gasteiger partial charge in [0.2, 0.25) is 11.8 Å². The molecule has 1 aliphatic heterocycles. The minimum Gasteiger partial charge on any atom is -0.480 e. The van der Waals surface area contributed by atoms with Gasteiger partial charge in [0.1, 0.15) is 12.1 Å². The van der Waals surface area contributed by atoms with Crippen LogP contribution in [0.3, 0.4) is 0 Å². The van der Waals surface area contributed by atoms with Crippen molar-refractivity contribution < 1.29 is 19.5 Å². The van der Waals surface area contributed by atoms with Gasteiger partial charge < -0.3 is 15.7 Å². The molecule has 0 radical (unpaired) electrons. The van der Waals surface area contributed by atoms with Gasteiger partial charge in [-0.2, -0.15) is 0 Å². The summed E-state index contributed by atoms with van der Waals surface area (Å²) in [7, 11) is 0. The van der Waals surface area contributed by atoms with E-state index in [1.165, 1.54) is 0 Å². The van der Waals surface area contributed by atoms with Crippen molar-refractivity contribution in [1.29, 1.82) is 0 Å². The Morgan fingerprint density at radius 3 is 2.68 bits per heavy atom. The Bertz CT molecular complexity index is 344.